The zero-order valence-corrected chi connectivity index (χ0v) is 12.7. The number of amides is 2. The third-order valence-corrected chi connectivity index (χ3v) is 4.19. The summed E-state index contributed by atoms with van der Waals surface area (Å²) < 4.78 is 0. The van der Waals surface area contributed by atoms with Gasteiger partial charge in [0, 0.05) is 19.0 Å². The van der Waals surface area contributed by atoms with Crippen molar-refractivity contribution in [2.75, 3.05) is 6.54 Å². The molecule has 1 fully saturated rings. The molecule has 2 amide bonds. The molecule has 0 aliphatic carbocycles. The molecule has 4 heteroatoms. The van der Waals surface area contributed by atoms with Crippen LogP contribution in [0.15, 0.2) is 0 Å². The molecule has 3 atom stereocenters. The van der Waals surface area contributed by atoms with E-state index in [0.29, 0.717) is 13.0 Å². The quantitative estimate of drug-likeness (QED) is 0.803. The maximum atomic E-state index is 12.7. The Morgan fingerprint density at radius 1 is 1.26 bits per heavy atom. The molecule has 0 aromatic heterocycles. The Bertz CT molecular complexity index is 317. The van der Waals surface area contributed by atoms with Crippen LogP contribution in [-0.4, -0.2) is 35.3 Å². The van der Waals surface area contributed by atoms with Crippen molar-refractivity contribution < 1.29 is 9.59 Å². The Kier molecular flexibility index (Phi) is 6.32. The van der Waals surface area contributed by atoms with Crippen LogP contribution in [0.2, 0.25) is 0 Å². The fourth-order valence-electron chi connectivity index (χ4n) is 2.72. The van der Waals surface area contributed by atoms with Gasteiger partial charge in [0.1, 0.15) is 6.04 Å². The van der Waals surface area contributed by atoms with E-state index in [-0.39, 0.29) is 29.8 Å². The first kappa shape index (κ1) is 16.0. The third-order valence-electron chi connectivity index (χ3n) is 4.19. The summed E-state index contributed by atoms with van der Waals surface area (Å²) in [5.74, 6) is 0.309. The van der Waals surface area contributed by atoms with E-state index in [2.05, 4.69) is 26.1 Å². The predicted octanol–water partition coefficient (Wildman–Crippen LogP) is 2.33. The molecule has 19 heavy (non-hydrogen) atoms. The van der Waals surface area contributed by atoms with Crippen molar-refractivity contribution in [3.63, 3.8) is 0 Å². The molecule has 1 heterocycles. The Balaban J connectivity index is 2.91. The molecular formula is C15H28N2O2. The summed E-state index contributed by atoms with van der Waals surface area (Å²) in [6.07, 6.45) is 4.37. The van der Waals surface area contributed by atoms with Crippen LogP contribution in [0.4, 0.5) is 0 Å². The molecule has 1 saturated heterocycles. The topological polar surface area (TPSA) is 49.4 Å². The van der Waals surface area contributed by atoms with Crippen molar-refractivity contribution in [1.29, 1.82) is 0 Å². The Morgan fingerprint density at radius 3 is 2.47 bits per heavy atom. The Labute approximate surface area is 116 Å². The molecule has 0 bridgehead atoms. The standard InChI is InChI=1S/C15H28N2O2/c1-5-8-12(7-3)17-10-9-13(18)16-14(15(17)19)11(4)6-2/h11-12,14H,5-10H2,1-4H3,(H,16,18). The van der Waals surface area contributed by atoms with Crippen LogP contribution in [0.3, 0.4) is 0 Å². The minimum Gasteiger partial charge on any atom is -0.344 e. The van der Waals surface area contributed by atoms with Gasteiger partial charge in [-0.25, -0.2) is 0 Å². The number of nitrogens with one attached hydrogen (secondary N) is 1. The molecule has 110 valence electrons. The molecule has 1 N–H and O–H groups in total. The van der Waals surface area contributed by atoms with Gasteiger partial charge in [-0.2, -0.15) is 0 Å². The van der Waals surface area contributed by atoms with Gasteiger partial charge in [-0.1, -0.05) is 40.5 Å². The van der Waals surface area contributed by atoms with Gasteiger partial charge < -0.3 is 10.2 Å². The fraction of sp³-hybridized carbons (Fsp3) is 0.867. The lowest BCUT2D eigenvalue weighted by atomic mass is 9.97. The van der Waals surface area contributed by atoms with E-state index < -0.39 is 0 Å². The van der Waals surface area contributed by atoms with E-state index in [1.807, 2.05) is 11.8 Å². The lowest BCUT2D eigenvalue weighted by molar-refractivity contribution is -0.137. The van der Waals surface area contributed by atoms with Gasteiger partial charge in [-0.3, -0.25) is 9.59 Å². The highest BCUT2D eigenvalue weighted by Crippen LogP contribution is 2.19. The second-order valence-corrected chi connectivity index (χ2v) is 5.56. The van der Waals surface area contributed by atoms with Crippen molar-refractivity contribution in [1.82, 2.24) is 10.2 Å². The third kappa shape index (κ3) is 3.95. The highest BCUT2D eigenvalue weighted by Gasteiger charge is 2.35. The molecule has 1 rings (SSSR count). The highest BCUT2D eigenvalue weighted by molar-refractivity contribution is 5.90. The number of rotatable bonds is 6. The van der Waals surface area contributed by atoms with Gasteiger partial charge in [-0.05, 0) is 18.8 Å². The number of hydrogen-bond acceptors (Lipinski definition) is 2. The molecule has 3 unspecified atom stereocenters. The second kappa shape index (κ2) is 7.51. The van der Waals surface area contributed by atoms with E-state index >= 15 is 0 Å². The first-order chi connectivity index (χ1) is 9.04. The van der Waals surface area contributed by atoms with Crippen LogP contribution < -0.4 is 5.32 Å². The molecule has 0 saturated carbocycles. The van der Waals surface area contributed by atoms with Gasteiger partial charge >= 0.3 is 0 Å². The molecule has 1 aliphatic rings. The van der Waals surface area contributed by atoms with Crippen molar-refractivity contribution in [3.05, 3.63) is 0 Å². The van der Waals surface area contributed by atoms with Crippen LogP contribution in [0.5, 0.6) is 0 Å². The summed E-state index contributed by atoms with van der Waals surface area (Å²) in [6, 6.07) is -0.0670. The molecule has 1 aliphatic heterocycles. The van der Waals surface area contributed by atoms with Crippen LogP contribution in [0.25, 0.3) is 0 Å². The summed E-state index contributed by atoms with van der Waals surface area (Å²) in [7, 11) is 0. The summed E-state index contributed by atoms with van der Waals surface area (Å²) in [5.41, 5.74) is 0. The first-order valence-electron chi connectivity index (χ1n) is 7.64. The lowest BCUT2D eigenvalue weighted by Gasteiger charge is -2.33. The largest absolute Gasteiger partial charge is 0.344 e. The summed E-state index contributed by atoms with van der Waals surface area (Å²) >= 11 is 0. The Hall–Kier alpha value is -1.06. The van der Waals surface area contributed by atoms with Crippen LogP contribution in [0, 0.1) is 5.92 Å². The normalized spacial score (nSPS) is 23.8. The van der Waals surface area contributed by atoms with Crippen molar-refractivity contribution >= 4 is 11.8 Å². The van der Waals surface area contributed by atoms with Crippen LogP contribution >= 0.6 is 0 Å². The second-order valence-electron chi connectivity index (χ2n) is 5.56. The van der Waals surface area contributed by atoms with Crippen LogP contribution in [-0.2, 0) is 9.59 Å². The molecule has 4 nitrogen and oxygen atoms in total. The van der Waals surface area contributed by atoms with Crippen molar-refractivity contribution in [3.8, 4) is 0 Å². The molecular weight excluding hydrogens is 240 g/mol. The van der Waals surface area contributed by atoms with Gasteiger partial charge in [0.25, 0.3) is 0 Å². The smallest absolute Gasteiger partial charge is 0.245 e. The Morgan fingerprint density at radius 2 is 1.95 bits per heavy atom. The molecule has 0 aromatic rings. The first-order valence-corrected chi connectivity index (χ1v) is 7.64. The summed E-state index contributed by atoms with van der Waals surface area (Å²) in [5, 5.41) is 2.90. The fourth-order valence-corrected chi connectivity index (χ4v) is 2.72. The van der Waals surface area contributed by atoms with E-state index in [0.717, 1.165) is 25.7 Å². The maximum absolute atomic E-state index is 12.7. The zero-order valence-electron chi connectivity index (χ0n) is 12.7. The molecule has 0 radical (unpaired) electrons. The van der Waals surface area contributed by atoms with Crippen LogP contribution in [0.1, 0.15) is 59.8 Å². The summed E-state index contributed by atoms with van der Waals surface area (Å²) in [6.45, 7) is 8.92. The van der Waals surface area contributed by atoms with E-state index in [9.17, 15) is 9.59 Å². The van der Waals surface area contributed by atoms with E-state index in [1.165, 1.54) is 0 Å². The molecule has 0 aromatic carbocycles. The van der Waals surface area contributed by atoms with Crippen molar-refractivity contribution in [2.45, 2.75) is 71.9 Å². The number of carbonyl (C=O) groups excluding carboxylic acids is 2. The minimum absolute atomic E-state index is 0.00695. The van der Waals surface area contributed by atoms with Gasteiger partial charge in [0.2, 0.25) is 11.8 Å². The van der Waals surface area contributed by atoms with E-state index in [4.69, 9.17) is 0 Å². The number of carbonyl (C=O) groups is 2. The van der Waals surface area contributed by atoms with Gasteiger partial charge in [0.05, 0.1) is 0 Å². The monoisotopic (exact) mass is 268 g/mol. The summed E-state index contributed by atoms with van der Waals surface area (Å²) in [4.78, 5) is 26.4. The average Bonchev–Trinajstić information content (AvgIpc) is 2.55. The maximum Gasteiger partial charge on any atom is 0.245 e. The SMILES string of the molecule is CCCC(CC)N1CCC(=O)NC(C(C)CC)C1=O. The van der Waals surface area contributed by atoms with Gasteiger partial charge in [-0.15, -0.1) is 0 Å². The number of nitrogens with zero attached hydrogens (tertiary/aromatic N) is 1. The minimum atomic E-state index is -0.342. The van der Waals surface area contributed by atoms with Gasteiger partial charge in [0.15, 0.2) is 0 Å². The average molecular weight is 268 g/mol. The number of hydrogen-bond donors (Lipinski definition) is 1. The lowest BCUT2D eigenvalue weighted by Crippen LogP contribution is -2.51. The van der Waals surface area contributed by atoms with E-state index in [1.54, 1.807) is 0 Å². The van der Waals surface area contributed by atoms with Crippen molar-refractivity contribution in [2.24, 2.45) is 5.92 Å². The predicted molar refractivity (Wildman–Crippen MR) is 76.7 cm³/mol. The molecule has 0 spiro atoms. The highest BCUT2D eigenvalue weighted by atomic mass is 16.2. The zero-order chi connectivity index (χ0) is 14.4.